The summed E-state index contributed by atoms with van der Waals surface area (Å²) in [5.74, 6) is 1.40. The molecular weight excluding hydrogens is 346 g/mol. The number of thioether (sulfide) groups is 1. The lowest BCUT2D eigenvalue weighted by atomic mass is 10.1. The monoisotopic (exact) mass is 367 g/mol. The number of rotatable bonds is 5. The van der Waals surface area contributed by atoms with E-state index in [1.807, 2.05) is 36.7 Å². The number of aromatic nitrogens is 3. The summed E-state index contributed by atoms with van der Waals surface area (Å²) < 4.78 is 12.8. The van der Waals surface area contributed by atoms with Crippen LogP contribution in [0.15, 0.2) is 54.0 Å². The van der Waals surface area contributed by atoms with Gasteiger partial charge in [-0.2, -0.15) is 0 Å². The van der Waals surface area contributed by atoms with Crippen molar-refractivity contribution in [2.45, 2.75) is 29.7 Å². The first kappa shape index (κ1) is 17.0. The third-order valence-corrected chi connectivity index (χ3v) is 5.70. The molecule has 0 N–H and O–H groups in total. The molecule has 2 aromatic heterocycles. The summed E-state index contributed by atoms with van der Waals surface area (Å²) in [6.45, 7) is 0. The second-order valence-corrected chi connectivity index (χ2v) is 7.37. The van der Waals surface area contributed by atoms with Crippen molar-refractivity contribution in [2.75, 3.05) is 14.2 Å². The summed E-state index contributed by atoms with van der Waals surface area (Å²) in [4.78, 5) is 9.39. The van der Waals surface area contributed by atoms with Crippen molar-refractivity contribution in [3.63, 3.8) is 0 Å². The Balaban J connectivity index is 1.76. The minimum absolute atomic E-state index is 0.461. The molecule has 1 unspecified atom stereocenters. The van der Waals surface area contributed by atoms with Crippen molar-refractivity contribution in [3.8, 4) is 22.8 Å². The lowest BCUT2D eigenvalue weighted by molar-refractivity contribution is 0.355. The number of fused-ring (bicyclic) bond motifs is 1. The van der Waals surface area contributed by atoms with Gasteiger partial charge in [0.2, 0.25) is 0 Å². The highest BCUT2D eigenvalue weighted by atomic mass is 32.2. The molecule has 0 aliphatic heterocycles. The summed E-state index contributed by atoms with van der Waals surface area (Å²) in [6.07, 6.45) is 11.9. The second-order valence-electron chi connectivity index (χ2n) is 6.16. The Labute approximate surface area is 157 Å². The number of benzene rings is 1. The van der Waals surface area contributed by atoms with Crippen molar-refractivity contribution < 1.29 is 9.47 Å². The van der Waals surface area contributed by atoms with E-state index in [1.54, 1.807) is 26.0 Å². The number of hydrogen-bond acceptors (Lipinski definition) is 5. The van der Waals surface area contributed by atoms with Crippen LogP contribution in [0.3, 0.4) is 0 Å². The Bertz CT molecular complexity index is 951. The molecule has 2 heterocycles. The number of nitrogens with zero attached hydrogens (tertiary/aromatic N) is 3. The number of hydrogen-bond donors (Lipinski definition) is 0. The van der Waals surface area contributed by atoms with Gasteiger partial charge in [0, 0.05) is 29.3 Å². The average Bonchev–Trinajstić information content (AvgIpc) is 3.17. The van der Waals surface area contributed by atoms with Gasteiger partial charge in [-0.05, 0) is 37.5 Å². The third-order valence-electron chi connectivity index (χ3n) is 4.50. The summed E-state index contributed by atoms with van der Waals surface area (Å²) in [7, 11) is 3.28. The summed E-state index contributed by atoms with van der Waals surface area (Å²) in [5.41, 5.74) is 2.76. The van der Waals surface area contributed by atoms with E-state index in [2.05, 4.69) is 21.5 Å². The van der Waals surface area contributed by atoms with Crippen molar-refractivity contribution in [1.29, 1.82) is 0 Å². The molecule has 1 aliphatic rings. The van der Waals surface area contributed by atoms with E-state index in [-0.39, 0.29) is 0 Å². The van der Waals surface area contributed by atoms with Crippen LogP contribution >= 0.6 is 11.8 Å². The fourth-order valence-electron chi connectivity index (χ4n) is 3.14. The highest BCUT2D eigenvalue weighted by molar-refractivity contribution is 7.99. The molecule has 0 spiro atoms. The SMILES string of the molecule is COc1ccc(-c2cc3nccn3c(SC3C=CCCC3)n2)cc1OC. The largest absolute Gasteiger partial charge is 0.493 e. The first-order valence-corrected chi connectivity index (χ1v) is 9.56. The smallest absolute Gasteiger partial charge is 0.174 e. The van der Waals surface area contributed by atoms with E-state index in [0.29, 0.717) is 16.7 Å². The Morgan fingerprint density at radius 1 is 1.15 bits per heavy atom. The molecule has 0 bridgehead atoms. The predicted molar refractivity (Wildman–Crippen MR) is 104 cm³/mol. The molecule has 1 atom stereocenters. The second kappa shape index (κ2) is 7.41. The van der Waals surface area contributed by atoms with Crippen LogP contribution in [0.5, 0.6) is 11.5 Å². The molecule has 134 valence electrons. The first-order chi connectivity index (χ1) is 12.8. The molecule has 4 rings (SSSR count). The maximum Gasteiger partial charge on any atom is 0.174 e. The van der Waals surface area contributed by atoms with Crippen molar-refractivity contribution in [1.82, 2.24) is 14.4 Å². The minimum Gasteiger partial charge on any atom is -0.493 e. The zero-order valence-corrected chi connectivity index (χ0v) is 15.7. The lowest BCUT2D eigenvalue weighted by Gasteiger charge is -2.16. The van der Waals surface area contributed by atoms with Gasteiger partial charge >= 0.3 is 0 Å². The Morgan fingerprint density at radius 2 is 2.04 bits per heavy atom. The molecule has 0 fully saturated rings. The molecule has 3 aromatic rings. The first-order valence-electron chi connectivity index (χ1n) is 8.68. The molecule has 1 aromatic carbocycles. The van der Waals surface area contributed by atoms with Crippen LogP contribution < -0.4 is 9.47 Å². The predicted octanol–water partition coefficient (Wildman–Crippen LogP) is 4.61. The van der Waals surface area contributed by atoms with Gasteiger partial charge in [0.25, 0.3) is 0 Å². The maximum absolute atomic E-state index is 5.43. The van der Waals surface area contributed by atoms with Crippen molar-refractivity contribution in [3.05, 3.63) is 48.8 Å². The van der Waals surface area contributed by atoms with Gasteiger partial charge in [-0.1, -0.05) is 23.9 Å². The number of methoxy groups -OCH3 is 2. The van der Waals surface area contributed by atoms with Gasteiger partial charge < -0.3 is 9.47 Å². The van der Waals surface area contributed by atoms with E-state index in [1.165, 1.54) is 19.3 Å². The summed E-state index contributed by atoms with van der Waals surface area (Å²) in [6, 6.07) is 7.86. The molecule has 0 saturated heterocycles. The van der Waals surface area contributed by atoms with Crippen molar-refractivity contribution >= 4 is 17.4 Å². The van der Waals surface area contributed by atoms with Crippen LogP contribution in [-0.4, -0.2) is 33.8 Å². The quantitative estimate of drug-likeness (QED) is 0.487. The van der Waals surface area contributed by atoms with Gasteiger partial charge in [-0.25, -0.2) is 9.97 Å². The summed E-state index contributed by atoms with van der Waals surface area (Å²) in [5, 5.41) is 1.42. The fraction of sp³-hybridized carbons (Fsp3) is 0.300. The molecule has 0 saturated carbocycles. The molecular formula is C20H21N3O2S. The van der Waals surface area contributed by atoms with Crippen LogP contribution in [0, 0.1) is 0 Å². The fourth-order valence-corrected chi connectivity index (χ4v) is 4.30. The highest BCUT2D eigenvalue weighted by Crippen LogP contribution is 2.34. The molecule has 0 amide bonds. The standard InChI is InChI=1S/C20H21N3O2S/c1-24-17-9-8-14(12-18(17)25-2)16-13-19-21-10-11-23(19)20(22-16)26-15-6-4-3-5-7-15/h4,6,8-13,15H,3,5,7H2,1-2H3. The van der Waals surface area contributed by atoms with Gasteiger partial charge in [0.15, 0.2) is 16.7 Å². The van der Waals surface area contributed by atoms with E-state index in [0.717, 1.165) is 22.1 Å². The van der Waals surface area contributed by atoms with E-state index >= 15 is 0 Å². The topological polar surface area (TPSA) is 48.7 Å². The number of imidazole rings is 1. The van der Waals surface area contributed by atoms with Gasteiger partial charge in [-0.3, -0.25) is 4.40 Å². The van der Waals surface area contributed by atoms with E-state index in [9.17, 15) is 0 Å². The maximum atomic E-state index is 5.43. The van der Waals surface area contributed by atoms with Gasteiger partial charge in [0.1, 0.15) is 5.65 Å². The molecule has 6 heteroatoms. The van der Waals surface area contributed by atoms with Crippen LogP contribution in [0.2, 0.25) is 0 Å². The molecule has 5 nitrogen and oxygen atoms in total. The summed E-state index contributed by atoms with van der Waals surface area (Å²) >= 11 is 1.79. The van der Waals surface area contributed by atoms with E-state index < -0.39 is 0 Å². The lowest BCUT2D eigenvalue weighted by Crippen LogP contribution is -2.05. The Kier molecular flexibility index (Phi) is 4.84. The normalized spacial score (nSPS) is 16.8. The Hall–Kier alpha value is -2.47. The van der Waals surface area contributed by atoms with E-state index in [4.69, 9.17) is 14.5 Å². The number of allylic oxidation sites excluding steroid dienone is 1. The van der Waals surface area contributed by atoms with Crippen LogP contribution in [0.1, 0.15) is 19.3 Å². The zero-order valence-electron chi connectivity index (χ0n) is 14.9. The third kappa shape index (κ3) is 3.29. The van der Waals surface area contributed by atoms with Crippen LogP contribution in [0.4, 0.5) is 0 Å². The van der Waals surface area contributed by atoms with Crippen LogP contribution in [0.25, 0.3) is 16.9 Å². The van der Waals surface area contributed by atoms with Gasteiger partial charge in [0.05, 0.1) is 19.9 Å². The molecule has 26 heavy (non-hydrogen) atoms. The highest BCUT2D eigenvalue weighted by Gasteiger charge is 2.16. The molecule has 0 radical (unpaired) electrons. The zero-order chi connectivity index (χ0) is 17.9. The van der Waals surface area contributed by atoms with Crippen LogP contribution in [-0.2, 0) is 0 Å². The average molecular weight is 367 g/mol. The minimum atomic E-state index is 0.461. The Morgan fingerprint density at radius 3 is 2.81 bits per heavy atom. The number of ether oxygens (including phenoxy) is 2. The van der Waals surface area contributed by atoms with Crippen molar-refractivity contribution in [2.24, 2.45) is 0 Å². The molecule has 1 aliphatic carbocycles. The van der Waals surface area contributed by atoms with Gasteiger partial charge in [-0.15, -0.1) is 0 Å².